The number of urea groups is 1. The highest BCUT2D eigenvalue weighted by atomic mass is 32.1. The molecule has 8 heteroatoms. The Morgan fingerprint density at radius 1 is 1.28 bits per heavy atom. The maximum atomic E-state index is 12.5. The van der Waals surface area contributed by atoms with Crippen LogP contribution in [0.5, 0.6) is 0 Å². The molecular weight excluding hydrogens is 388 g/mol. The average molecular weight is 415 g/mol. The summed E-state index contributed by atoms with van der Waals surface area (Å²) < 4.78 is 5.42. The van der Waals surface area contributed by atoms with Gasteiger partial charge in [0, 0.05) is 31.0 Å². The Kier molecular flexibility index (Phi) is 6.41. The van der Waals surface area contributed by atoms with Crippen molar-refractivity contribution < 1.29 is 14.3 Å². The number of carbonyl (C=O) groups is 2. The zero-order valence-corrected chi connectivity index (χ0v) is 17.2. The molecule has 154 valence electrons. The highest BCUT2D eigenvalue weighted by Gasteiger charge is 2.27. The molecule has 2 aromatic rings. The number of carbonyl (C=O) groups excluding carboxylic acids is 2. The van der Waals surface area contributed by atoms with Gasteiger partial charge in [0.05, 0.1) is 12.2 Å². The Hall–Kier alpha value is -2.45. The number of hydrogen-bond donors (Lipinski definition) is 2. The first-order valence-electron chi connectivity index (χ1n) is 10.2. The molecule has 1 fully saturated rings. The number of thiazole rings is 1. The van der Waals surface area contributed by atoms with E-state index in [4.69, 9.17) is 4.74 Å². The van der Waals surface area contributed by atoms with E-state index in [0.29, 0.717) is 37.8 Å². The van der Waals surface area contributed by atoms with Crippen LogP contribution in [-0.2, 0) is 28.9 Å². The molecule has 0 spiro atoms. The lowest BCUT2D eigenvalue weighted by Gasteiger charge is -2.26. The number of nitrogens with zero attached hydrogens (tertiary/aromatic N) is 2. The van der Waals surface area contributed by atoms with Crippen LogP contribution in [0.3, 0.4) is 0 Å². The molecule has 1 saturated heterocycles. The third kappa shape index (κ3) is 5.13. The second-order valence-corrected chi connectivity index (χ2v) is 8.46. The Bertz CT molecular complexity index is 849. The van der Waals surface area contributed by atoms with E-state index >= 15 is 0 Å². The van der Waals surface area contributed by atoms with E-state index in [1.165, 1.54) is 16.9 Å². The van der Waals surface area contributed by atoms with Gasteiger partial charge in [0.15, 0.2) is 5.13 Å². The number of benzene rings is 1. The van der Waals surface area contributed by atoms with Crippen LogP contribution in [-0.4, -0.2) is 47.6 Å². The van der Waals surface area contributed by atoms with Gasteiger partial charge in [0.2, 0.25) is 0 Å². The molecule has 2 aliphatic heterocycles. The van der Waals surface area contributed by atoms with Crippen molar-refractivity contribution in [3.63, 3.8) is 0 Å². The van der Waals surface area contributed by atoms with E-state index in [-0.39, 0.29) is 18.0 Å². The Labute approximate surface area is 174 Å². The summed E-state index contributed by atoms with van der Waals surface area (Å²) in [6.45, 7) is 2.47. The first-order chi connectivity index (χ1) is 14.2. The van der Waals surface area contributed by atoms with Crippen molar-refractivity contribution in [3.8, 4) is 0 Å². The van der Waals surface area contributed by atoms with E-state index in [0.717, 1.165) is 36.3 Å². The van der Waals surface area contributed by atoms with Crippen LogP contribution in [0.15, 0.2) is 30.3 Å². The number of ether oxygens (including phenoxy) is 1. The molecule has 3 heterocycles. The van der Waals surface area contributed by atoms with E-state index in [1.54, 1.807) is 0 Å². The Balaban J connectivity index is 1.24. The highest BCUT2D eigenvalue weighted by molar-refractivity contribution is 7.15. The van der Waals surface area contributed by atoms with Gasteiger partial charge in [-0.15, -0.1) is 0 Å². The smallest absolute Gasteiger partial charge is 0.317 e. The van der Waals surface area contributed by atoms with Gasteiger partial charge in [-0.2, -0.15) is 0 Å². The number of anilines is 1. The maximum Gasteiger partial charge on any atom is 0.317 e. The van der Waals surface area contributed by atoms with Crippen molar-refractivity contribution in [2.75, 3.05) is 25.0 Å². The monoisotopic (exact) mass is 414 g/mol. The highest BCUT2D eigenvalue weighted by Crippen LogP contribution is 2.29. The average Bonchev–Trinajstić information content (AvgIpc) is 3.40. The minimum absolute atomic E-state index is 0.0398. The quantitative estimate of drug-likeness (QED) is 0.712. The first-order valence-corrected chi connectivity index (χ1v) is 11.0. The predicted molar refractivity (Wildman–Crippen MR) is 112 cm³/mol. The fraction of sp³-hybridized carbons (Fsp3) is 0.476. The van der Waals surface area contributed by atoms with Crippen LogP contribution in [0.4, 0.5) is 9.93 Å². The predicted octanol–water partition coefficient (Wildman–Crippen LogP) is 2.96. The Morgan fingerprint density at radius 2 is 2.14 bits per heavy atom. The van der Waals surface area contributed by atoms with E-state index in [2.05, 4.69) is 27.8 Å². The normalized spacial score (nSPS) is 18.3. The van der Waals surface area contributed by atoms with E-state index < -0.39 is 0 Å². The lowest BCUT2D eigenvalue weighted by molar-refractivity contribution is -0.124. The summed E-state index contributed by atoms with van der Waals surface area (Å²) in [5, 5.41) is 6.48. The maximum absolute atomic E-state index is 12.5. The Morgan fingerprint density at radius 3 is 2.93 bits per heavy atom. The van der Waals surface area contributed by atoms with Crippen LogP contribution in [0.1, 0.15) is 35.4 Å². The molecule has 7 nitrogen and oxygen atoms in total. The lowest BCUT2D eigenvalue weighted by Crippen LogP contribution is -2.42. The lowest BCUT2D eigenvalue weighted by atomic mass is 10.1. The van der Waals surface area contributed by atoms with Gasteiger partial charge < -0.3 is 15.0 Å². The summed E-state index contributed by atoms with van der Waals surface area (Å²) in [6.07, 6.45) is 3.88. The van der Waals surface area contributed by atoms with Crippen LogP contribution in [0.2, 0.25) is 0 Å². The molecule has 0 aliphatic carbocycles. The van der Waals surface area contributed by atoms with Crippen molar-refractivity contribution >= 4 is 28.4 Å². The van der Waals surface area contributed by atoms with Gasteiger partial charge in [0.25, 0.3) is 5.91 Å². The fourth-order valence-corrected chi connectivity index (χ4v) is 4.66. The number of aromatic nitrogens is 1. The van der Waals surface area contributed by atoms with Crippen molar-refractivity contribution in [3.05, 3.63) is 46.5 Å². The van der Waals surface area contributed by atoms with E-state index in [9.17, 15) is 9.59 Å². The number of amides is 3. The second kappa shape index (κ2) is 9.37. The molecule has 2 aliphatic rings. The third-order valence-electron chi connectivity index (χ3n) is 5.23. The summed E-state index contributed by atoms with van der Waals surface area (Å²) in [4.78, 5) is 32.1. The van der Waals surface area contributed by atoms with E-state index in [1.807, 2.05) is 23.1 Å². The van der Waals surface area contributed by atoms with Gasteiger partial charge in [-0.1, -0.05) is 41.7 Å². The minimum atomic E-state index is -0.367. The largest absolute Gasteiger partial charge is 0.368 e. The summed E-state index contributed by atoms with van der Waals surface area (Å²) >= 11 is 1.45. The molecule has 1 aromatic carbocycles. The van der Waals surface area contributed by atoms with Crippen molar-refractivity contribution in [1.82, 2.24) is 15.2 Å². The number of aryl methyl sites for hydroxylation is 1. The fourth-order valence-electron chi connectivity index (χ4n) is 3.64. The summed E-state index contributed by atoms with van der Waals surface area (Å²) in [7, 11) is 0. The molecule has 0 bridgehead atoms. The van der Waals surface area contributed by atoms with Crippen LogP contribution >= 0.6 is 11.3 Å². The van der Waals surface area contributed by atoms with Gasteiger partial charge in [-0.05, 0) is 31.2 Å². The van der Waals surface area contributed by atoms with Gasteiger partial charge in [-0.25, -0.2) is 9.78 Å². The zero-order chi connectivity index (χ0) is 20.1. The standard InChI is InChI=1S/C21H26N4O3S/c26-19(17-9-5-13-28-17)24-20-23-16-10-12-25(14-18(16)29-20)21(27)22-11-4-8-15-6-2-1-3-7-15/h1-3,6-7,17H,4-5,8-14H2,(H,22,27)(H,23,24,26). The summed E-state index contributed by atoms with van der Waals surface area (Å²) in [6, 6.07) is 10.2. The van der Waals surface area contributed by atoms with Crippen LogP contribution in [0, 0.1) is 0 Å². The van der Waals surface area contributed by atoms with Gasteiger partial charge in [-0.3, -0.25) is 10.1 Å². The molecule has 3 amide bonds. The van der Waals surface area contributed by atoms with Gasteiger partial charge in [0.1, 0.15) is 6.10 Å². The topological polar surface area (TPSA) is 83.6 Å². The number of hydrogen-bond acceptors (Lipinski definition) is 5. The molecule has 4 rings (SSSR count). The third-order valence-corrected chi connectivity index (χ3v) is 6.23. The number of nitrogens with one attached hydrogen (secondary N) is 2. The van der Waals surface area contributed by atoms with Crippen molar-refractivity contribution in [2.24, 2.45) is 0 Å². The molecule has 1 atom stereocenters. The van der Waals surface area contributed by atoms with Crippen LogP contribution in [0.25, 0.3) is 0 Å². The summed E-state index contributed by atoms with van der Waals surface area (Å²) in [5.41, 5.74) is 2.26. The summed E-state index contributed by atoms with van der Waals surface area (Å²) in [5.74, 6) is -0.124. The molecule has 0 saturated carbocycles. The number of rotatable bonds is 6. The first kappa shape index (κ1) is 19.8. The molecule has 1 unspecified atom stereocenters. The molecular formula is C21H26N4O3S. The zero-order valence-electron chi connectivity index (χ0n) is 16.4. The molecule has 29 heavy (non-hydrogen) atoms. The molecule has 1 aromatic heterocycles. The molecule has 2 N–H and O–H groups in total. The number of fused-ring (bicyclic) bond motifs is 1. The van der Waals surface area contributed by atoms with Crippen LogP contribution < -0.4 is 10.6 Å². The van der Waals surface area contributed by atoms with Crippen molar-refractivity contribution in [1.29, 1.82) is 0 Å². The van der Waals surface area contributed by atoms with Crippen molar-refractivity contribution in [2.45, 2.75) is 44.8 Å². The minimum Gasteiger partial charge on any atom is -0.368 e. The SMILES string of the molecule is O=C(Nc1nc2c(s1)CN(C(=O)NCCCc1ccccc1)CC2)C1CCCO1. The van der Waals surface area contributed by atoms with Gasteiger partial charge >= 0.3 is 6.03 Å². The molecule has 0 radical (unpaired) electrons. The second-order valence-electron chi connectivity index (χ2n) is 7.37.